The fraction of sp³-hybridized carbons (Fsp3) is 0.520. The largest absolute Gasteiger partial charge is 0.367 e. The number of carbonyl (C=O) groups is 3. The second kappa shape index (κ2) is 7.96. The average Bonchev–Trinajstić information content (AvgIpc) is 3.49. The standard InChI is InChI=1S/C25H29N3O4/c1-15-13-28(20-19(29)14-32-21(15)20)24(31)22(25(2)9-3-4-10-25)27-23(30)17-7-8-18-16(12-17)6-5-11-26-18/h5-8,11-12,15,20-22H,3-4,9-10,13-14H2,1-2H3,(H,27,30)/t15-,20-,21-,22-/m1/s1. The molecule has 32 heavy (non-hydrogen) atoms. The summed E-state index contributed by atoms with van der Waals surface area (Å²) >= 11 is 0. The Bertz CT molecular complexity index is 1080. The first kappa shape index (κ1) is 21.1. The van der Waals surface area contributed by atoms with Gasteiger partial charge >= 0.3 is 0 Å². The Morgan fingerprint density at radius 2 is 2.03 bits per heavy atom. The molecule has 168 valence electrons. The topological polar surface area (TPSA) is 88.6 Å². The van der Waals surface area contributed by atoms with E-state index in [2.05, 4.69) is 17.2 Å². The number of ketones is 1. The van der Waals surface area contributed by atoms with Gasteiger partial charge in [0.15, 0.2) is 5.78 Å². The predicted octanol–water partition coefficient (Wildman–Crippen LogP) is 2.73. The van der Waals surface area contributed by atoms with Crippen molar-refractivity contribution in [2.45, 2.75) is 57.7 Å². The number of likely N-dealkylation sites (tertiary alicyclic amines) is 1. The number of hydrogen-bond donors (Lipinski definition) is 1. The summed E-state index contributed by atoms with van der Waals surface area (Å²) in [6.45, 7) is 4.63. The van der Waals surface area contributed by atoms with E-state index < -0.39 is 12.1 Å². The smallest absolute Gasteiger partial charge is 0.251 e. The zero-order valence-corrected chi connectivity index (χ0v) is 18.5. The van der Waals surface area contributed by atoms with E-state index in [4.69, 9.17) is 4.74 Å². The number of amides is 2. The molecule has 1 aromatic heterocycles. The van der Waals surface area contributed by atoms with Crippen molar-refractivity contribution in [3.05, 3.63) is 42.1 Å². The fourth-order valence-corrected chi connectivity index (χ4v) is 5.72. The molecule has 0 bridgehead atoms. The molecule has 0 radical (unpaired) electrons. The first-order valence-corrected chi connectivity index (χ1v) is 11.5. The van der Waals surface area contributed by atoms with Gasteiger partial charge in [-0.3, -0.25) is 19.4 Å². The molecule has 1 saturated carbocycles. The third-order valence-corrected chi connectivity index (χ3v) is 7.55. The van der Waals surface area contributed by atoms with E-state index in [1.165, 1.54) is 0 Å². The van der Waals surface area contributed by atoms with Crippen LogP contribution in [-0.2, 0) is 14.3 Å². The molecule has 3 fully saturated rings. The second-order valence-electron chi connectivity index (χ2n) is 9.83. The van der Waals surface area contributed by atoms with Crippen molar-refractivity contribution in [1.29, 1.82) is 0 Å². The molecule has 2 aliphatic heterocycles. The number of nitrogens with one attached hydrogen (secondary N) is 1. The van der Waals surface area contributed by atoms with E-state index in [1.54, 1.807) is 23.2 Å². The minimum absolute atomic E-state index is 0.0450. The molecule has 1 N–H and O–H groups in total. The first-order chi connectivity index (χ1) is 15.4. The third kappa shape index (κ3) is 3.48. The summed E-state index contributed by atoms with van der Waals surface area (Å²) in [5.74, 6) is -0.393. The lowest BCUT2D eigenvalue weighted by Gasteiger charge is -2.37. The Balaban J connectivity index is 1.44. The van der Waals surface area contributed by atoms with Gasteiger partial charge in [0.2, 0.25) is 5.91 Å². The maximum Gasteiger partial charge on any atom is 0.251 e. The van der Waals surface area contributed by atoms with Crippen LogP contribution in [0.3, 0.4) is 0 Å². The number of nitrogens with zero attached hydrogens (tertiary/aromatic N) is 2. The monoisotopic (exact) mass is 435 g/mol. The number of hydrogen-bond acceptors (Lipinski definition) is 5. The molecule has 2 saturated heterocycles. The lowest BCUT2D eigenvalue weighted by atomic mass is 9.79. The highest BCUT2D eigenvalue weighted by Crippen LogP contribution is 2.42. The number of ether oxygens (including phenoxy) is 1. The first-order valence-electron chi connectivity index (χ1n) is 11.5. The fourth-order valence-electron chi connectivity index (χ4n) is 5.72. The van der Waals surface area contributed by atoms with Gasteiger partial charge in [0.25, 0.3) is 5.91 Å². The summed E-state index contributed by atoms with van der Waals surface area (Å²) < 4.78 is 5.67. The van der Waals surface area contributed by atoms with Gasteiger partial charge in [-0.25, -0.2) is 0 Å². The number of aromatic nitrogens is 1. The summed E-state index contributed by atoms with van der Waals surface area (Å²) in [6.07, 6.45) is 5.27. The van der Waals surface area contributed by atoms with Gasteiger partial charge in [0.1, 0.15) is 18.7 Å². The summed E-state index contributed by atoms with van der Waals surface area (Å²) in [5, 5.41) is 3.94. The van der Waals surface area contributed by atoms with E-state index in [0.717, 1.165) is 36.6 Å². The number of carbonyl (C=O) groups excluding carboxylic acids is 3. The summed E-state index contributed by atoms with van der Waals surface area (Å²) in [7, 11) is 0. The Kier molecular flexibility index (Phi) is 5.24. The SMILES string of the molecule is C[C@@H]1CN(C(=O)[C@@H](NC(=O)c2ccc3ncccc3c2)C2(C)CCCC2)[C@@H]2C(=O)CO[C@H]12. The van der Waals surface area contributed by atoms with Crippen LogP contribution >= 0.6 is 0 Å². The molecule has 3 heterocycles. The van der Waals surface area contributed by atoms with Crippen molar-refractivity contribution in [2.24, 2.45) is 11.3 Å². The van der Waals surface area contributed by atoms with Crippen molar-refractivity contribution < 1.29 is 19.1 Å². The minimum atomic E-state index is -0.679. The quantitative estimate of drug-likeness (QED) is 0.798. The minimum Gasteiger partial charge on any atom is -0.367 e. The van der Waals surface area contributed by atoms with Crippen molar-refractivity contribution in [3.8, 4) is 0 Å². The number of fused-ring (bicyclic) bond motifs is 2. The van der Waals surface area contributed by atoms with E-state index in [-0.39, 0.29) is 41.6 Å². The molecule has 7 nitrogen and oxygen atoms in total. The van der Waals surface area contributed by atoms with Crippen molar-refractivity contribution in [3.63, 3.8) is 0 Å². The number of Topliss-reactive ketones (excluding diaryl/α,β-unsaturated/α-hetero) is 1. The molecular weight excluding hydrogens is 406 g/mol. The Morgan fingerprint density at radius 1 is 1.25 bits per heavy atom. The molecule has 4 atom stereocenters. The number of rotatable bonds is 4. The normalized spacial score (nSPS) is 27.5. The van der Waals surface area contributed by atoms with Crippen LogP contribution in [0, 0.1) is 11.3 Å². The number of pyridine rings is 1. The maximum absolute atomic E-state index is 13.8. The van der Waals surface area contributed by atoms with Gasteiger partial charge in [0.05, 0.1) is 11.6 Å². The molecule has 2 aromatic rings. The highest BCUT2D eigenvalue weighted by Gasteiger charge is 2.54. The second-order valence-corrected chi connectivity index (χ2v) is 9.83. The molecule has 0 unspecified atom stereocenters. The van der Waals surface area contributed by atoms with Gasteiger partial charge in [-0.2, -0.15) is 0 Å². The maximum atomic E-state index is 13.8. The zero-order chi connectivity index (χ0) is 22.5. The van der Waals surface area contributed by atoms with E-state index in [0.29, 0.717) is 12.1 Å². The Labute approximate surface area is 187 Å². The average molecular weight is 436 g/mol. The predicted molar refractivity (Wildman–Crippen MR) is 119 cm³/mol. The highest BCUT2D eigenvalue weighted by molar-refractivity contribution is 6.01. The van der Waals surface area contributed by atoms with Crippen LogP contribution in [0.25, 0.3) is 10.9 Å². The van der Waals surface area contributed by atoms with Crippen LogP contribution in [0.4, 0.5) is 0 Å². The lowest BCUT2D eigenvalue weighted by Crippen LogP contribution is -2.57. The van der Waals surface area contributed by atoms with Crippen molar-refractivity contribution >= 4 is 28.5 Å². The Morgan fingerprint density at radius 3 is 2.81 bits per heavy atom. The van der Waals surface area contributed by atoms with Gasteiger partial charge in [0, 0.05) is 29.6 Å². The molecule has 3 aliphatic rings. The lowest BCUT2D eigenvalue weighted by molar-refractivity contribution is -0.140. The molecule has 5 rings (SSSR count). The summed E-state index contributed by atoms with van der Waals surface area (Å²) in [4.78, 5) is 45.6. The highest BCUT2D eigenvalue weighted by atomic mass is 16.5. The molecule has 2 amide bonds. The summed E-state index contributed by atoms with van der Waals surface area (Å²) in [6, 6.07) is 7.90. The van der Waals surface area contributed by atoms with Crippen LogP contribution in [-0.4, -0.2) is 58.8 Å². The van der Waals surface area contributed by atoms with Crippen LogP contribution in [0.15, 0.2) is 36.5 Å². The molecule has 1 aromatic carbocycles. The Hall–Kier alpha value is -2.80. The zero-order valence-electron chi connectivity index (χ0n) is 18.5. The molecule has 7 heteroatoms. The van der Waals surface area contributed by atoms with Crippen LogP contribution < -0.4 is 5.32 Å². The molecule has 1 aliphatic carbocycles. The van der Waals surface area contributed by atoms with E-state index in [9.17, 15) is 14.4 Å². The van der Waals surface area contributed by atoms with Gasteiger partial charge in [-0.15, -0.1) is 0 Å². The third-order valence-electron chi connectivity index (χ3n) is 7.55. The van der Waals surface area contributed by atoms with Gasteiger partial charge < -0.3 is 15.0 Å². The van der Waals surface area contributed by atoms with Crippen molar-refractivity contribution in [1.82, 2.24) is 15.2 Å². The van der Waals surface area contributed by atoms with Gasteiger partial charge in [-0.05, 0) is 42.5 Å². The van der Waals surface area contributed by atoms with Gasteiger partial charge in [-0.1, -0.05) is 32.8 Å². The molecule has 0 spiro atoms. The van der Waals surface area contributed by atoms with Crippen LogP contribution in [0.2, 0.25) is 0 Å². The van der Waals surface area contributed by atoms with Crippen molar-refractivity contribution in [2.75, 3.05) is 13.2 Å². The summed E-state index contributed by atoms with van der Waals surface area (Å²) in [5.41, 5.74) is 0.976. The van der Waals surface area contributed by atoms with Crippen LogP contribution in [0.5, 0.6) is 0 Å². The van der Waals surface area contributed by atoms with Crippen LogP contribution in [0.1, 0.15) is 49.9 Å². The van der Waals surface area contributed by atoms with E-state index >= 15 is 0 Å². The number of benzene rings is 1. The van der Waals surface area contributed by atoms with E-state index in [1.807, 2.05) is 25.1 Å². The molecular formula is C25H29N3O4.